The molecule has 0 saturated carbocycles. The third kappa shape index (κ3) is 4.89. The van der Waals surface area contributed by atoms with Crippen LogP contribution in [0.5, 0.6) is 5.75 Å². The molecule has 2 unspecified atom stereocenters. The number of hydrogen-bond acceptors (Lipinski definition) is 3. The number of likely N-dealkylation sites (N-methyl/N-ethyl adjacent to an activating group) is 1. The van der Waals surface area contributed by atoms with Crippen LogP contribution < -0.4 is 5.32 Å². The molecule has 0 aliphatic heterocycles. The van der Waals surface area contributed by atoms with Gasteiger partial charge in [-0.3, -0.25) is 4.79 Å². The standard InChI is InChI=1S/C23H30N2O2/c1-16(14-19(25(2)3)15-17-8-11-20(26)12-9-17)23(27)24-22-13-10-18-6-4-5-7-21(18)22/h4-9,11-12,16,19,22,26H,10,13-15H2,1-3H3,(H,24,27)/t16?,19-,22?/m1/s1. The molecule has 0 saturated heterocycles. The molecular formula is C23H30N2O2. The van der Waals surface area contributed by atoms with Crippen LogP contribution in [0.2, 0.25) is 0 Å². The summed E-state index contributed by atoms with van der Waals surface area (Å²) < 4.78 is 0. The molecule has 0 bridgehead atoms. The molecule has 3 atom stereocenters. The first kappa shape index (κ1) is 19.4. The summed E-state index contributed by atoms with van der Waals surface area (Å²) in [6, 6.07) is 16.2. The second-order valence-corrected chi connectivity index (χ2v) is 7.92. The number of amides is 1. The van der Waals surface area contributed by atoms with Crippen LogP contribution in [0, 0.1) is 5.92 Å². The SMILES string of the molecule is CC(C[C@H](Cc1ccc(O)cc1)N(C)C)C(=O)NC1CCc2ccccc21. The molecule has 144 valence electrons. The molecule has 2 aromatic rings. The number of phenols is 1. The van der Waals surface area contributed by atoms with Gasteiger partial charge < -0.3 is 15.3 Å². The molecule has 27 heavy (non-hydrogen) atoms. The Morgan fingerprint density at radius 3 is 2.59 bits per heavy atom. The van der Waals surface area contributed by atoms with Gasteiger partial charge in [0, 0.05) is 12.0 Å². The number of nitrogens with one attached hydrogen (secondary N) is 1. The maximum absolute atomic E-state index is 12.8. The second kappa shape index (κ2) is 8.57. The van der Waals surface area contributed by atoms with Crippen molar-refractivity contribution in [3.8, 4) is 5.75 Å². The van der Waals surface area contributed by atoms with Gasteiger partial charge in [0.25, 0.3) is 0 Å². The molecular weight excluding hydrogens is 336 g/mol. The van der Waals surface area contributed by atoms with E-state index in [4.69, 9.17) is 0 Å². The number of benzene rings is 2. The van der Waals surface area contributed by atoms with E-state index in [0.29, 0.717) is 0 Å². The fraction of sp³-hybridized carbons (Fsp3) is 0.435. The van der Waals surface area contributed by atoms with Crippen LogP contribution in [-0.4, -0.2) is 36.1 Å². The topological polar surface area (TPSA) is 52.6 Å². The highest BCUT2D eigenvalue weighted by molar-refractivity contribution is 5.79. The number of aromatic hydroxyl groups is 1. The number of nitrogens with zero attached hydrogens (tertiary/aromatic N) is 1. The molecule has 0 spiro atoms. The van der Waals surface area contributed by atoms with Crippen molar-refractivity contribution in [2.75, 3.05) is 14.1 Å². The van der Waals surface area contributed by atoms with Gasteiger partial charge >= 0.3 is 0 Å². The summed E-state index contributed by atoms with van der Waals surface area (Å²) in [6.45, 7) is 2.02. The minimum Gasteiger partial charge on any atom is -0.508 e. The second-order valence-electron chi connectivity index (χ2n) is 7.92. The summed E-state index contributed by atoms with van der Waals surface area (Å²) in [7, 11) is 4.12. The largest absolute Gasteiger partial charge is 0.508 e. The van der Waals surface area contributed by atoms with E-state index in [1.54, 1.807) is 12.1 Å². The Kier molecular flexibility index (Phi) is 6.17. The van der Waals surface area contributed by atoms with Crippen molar-refractivity contribution in [1.29, 1.82) is 0 Å². The predicted molar refractivity (Wildman–Crippen MR) is 109 cm³/mol. The van der Waals surface area contributed by atoms with Crippen molar-refractivity contribution in [1.82, 2.24) is 10.2 Å². The zero-order chi connectivity index (χ0) is 19.4. The van der Waals surface area contributed by atoms with Gasteiger partial charge in [-0.25, -0.2) is 0 Å². The van der Waals surface area contributed by atoms with Gasteiger partial charge in [0.2, 0.25) is 5.91 Å². The summed E-state index contributed by atoms with van der Waals surface area (Å²) in [5, 5.41) is 12.7. The van der Waals surface area contributed by atoms with Crippen LogP contribution in [0.15, 0.2) is 48.5 Å². The number of carbonyl (C=O) groups is 1. The number of rotatable bonds is 7. The highest BCUT2D eigenvalue weighted by Crippen LogP contribution is 2.31. The zero-order valence-corrected chi connectivity index (χ0v) is 16.5. The number of fused-ring (bicyclic) bond motifs is 1. The Morgan fingerprint density at radius 2 is 1.89 bits per heavy atom. The summed E-state index contributed by atoms with van der Waals surface area (Å²) in [5.41, 5.74) is 3.80. The van der Waals surface area contributed by atoms with Gasteiger partial charge in [-0.1, -0.05) is 43.3 Å². The maximum atomic E-state index is 12.8. The monoisotopic (exact) mass is 366 g/mol. The first-order valence-electron chi connectivity index (χ1n) is 9.76. The highest BCUT2D eigenvalue weighted by atomic mass is 16.3. The third-order valence-electron chi connectivity index (χ3n) is 5.66. The van der Waals surface area contributed by atoms with Crippen LogP contribution in [0.1, 0.15) is 42.5 Å². The molecule has 1 aliphatic rings. The van der Waals surface area contributed by atoms with Crippen LogP contribution in [0.4, 0.5) is 0 Å². The van der Waals surface area contributed by atoms with E-state index in [1.807, 2.05) is 25.1 Å². The lowest BCUT2D eigenvalue weighted by molar-refractivity contribution is -0.125. The molecule has 0 fully saturated rings. The average Bonchev–Trinajstić information content (AvgIpc) is 3.05. The molecule has 4 nitrogen and oxygen atoms in total. The first-order chi connectivity index (χ1) is 12.9. The van der Waals surface area contributed by atoms with Crippen molar-refractivity contribution >= 4 is 5.91 Å². The Hall–Kier alpha value is -2.33. The Balaban J connectivity index is 1.59. The van der Waals surface area contributed by atoms with Gasteiger partial charge in [0.15, 0.2) is 0 Å². The van der Waals surface area contributed by atoms with Crippen LogP contribution in [0.25, 0.3) is 0 Å². The van der Waals surface area contributed by atoms with E-state index in [2.05, 4.69) is 42.5 Å². The Bertz CT molecular complexity index is 770. The van der Waals surface area contributed by atoms with Crippen molar-refractivity contribution in [3.05, 3.63) is 65.2 Å². The zero-order valence-electron chi connectivity index (χ0n) is 16.5. The fourth-order valence-corrected chi connectivity index (χ4v) is 3.92. The summed E-state index contributed by atoms with van der Waals surface area (Å²) >= 11 is 0. The molecule has 3 rings (SSSR count). The summed E-state index contributed by atoms with van der Waals surface area (Å²) in [6.07, 6.45) is 3.68. The van der Waals surface area contributed by atoms with Gasteiger partial charge in [-0.05, 0) is 68.6 Å². The van der Waals surface area contributed by atoms with Crippen LogP contribution >= 0.6 is 0 Å². The summed E-state index contributed by atoms with van der Waals surface area (Å²) in [4.78, 5) is 15.0. The van der Waals surface area contributed by atoms with Gasteiger partial charge in [0.05, 0.1) is 6.04 Å². The quantitative estimate of drug-likeness (QED) is 0.786. The lowest BCUT2D eigenvalue weighted by atomic mass is 9.94. The van der Waals surface area contributed by atoms with E-state index in [0.717, 1.165) is 25.7 Å². The van der Waals surface area contributed by atoms with Crippen molar-refractivity contribution in [2.45, 2.75) is 44.7 Å². The smallest absolute Gasteiger partial charge is 0.223 e. The molecule has 4 heteroatoms. The van der Waals surface area contributed by atoms with E-state index in [9.17, 15) is 9.90 Å². The van der Waals surface area contributed by atoms with Crippen LogP contribution in [0.3, 0.4) is 0 Å². The van der Waals surface area contributed by atoms with Crippen molar-refractivity contribution < 1.29 is 9.90 Å². The maximum Gasteiger partial charge on any atom is 0.223 e. The predicted octanol–water partition coefficient (Wildman–Crippen LogP) is 3.69. The first-order valence-corrected chi connectivity index (χ1v) is 9.76. The number of phenolic OH excluding ortho intramolecular Hbond substituents is 1. The number of hydrogen-bond donors (Lipinski definition) is 2. The molecule has 0 heterocycles. The molecule has 0 radical (unpaired) electrons. The molecule has 2 aromatic carbocycles. The minimum atomic E-state index is -0.0534. The fourth-order valence-electron chi connectivity index (χ4n) is 3.92. The molecule has 0 aromatic heterocycles. The number of carbonyl (C=O) groups excluding carboxylic acids is 1. The van der Waals surface area contributed by atoms with Crippen LogP contribution in [-0.2, 0) is 17.6 Å². The highest BCUT2D eigenvalue weighted by Gasteiger charge is 2.27. The summed E-state index contributed by atoms with van der Waals surface area (Å²) in [5.74, 6) is 0.362. The number of aryl methyl sites for hydroxylation is 1. The van der Waals surface area contributed by atoms with Crippen molar-refractivity contribution in [3.63, 3.8) is 0 Å². The Labute approximate surface area is 162 Å². The van der Waals surface area contributed by atoms with Crippen molar-refractivity contribution in [2.24, 2.45) is 5.92 Å². The molecule has 2 N–H and O–H groups in total. The van der Waals surface area contributed by atoms with Gasteiger partial charge in [-0.2, -0.15) is 0 Å². The van der Waals surface area contributed by atoms with Gasteiger partial charge in [0.1, 0.15) is 5.75 Å². The molecule has 1 aliphatic carbocycles. The lowest BCUT2D eigenvalue weighted by Gasteiger charge is -2.27. The van der Waals surface area contributed by atoms with Gasteiger partial charge in [-0.15, -0.1) is 0 Å². The molecule has 1 amide bonds. The lowest BCUT2D eigenvalue weighted by Crippen LogP contribution is -2.38. The van der Waals surface area contributed by atoms with E-state index >= 15 is 0 Å². The van der Waals surface area contributed by atoms with E-state index < -0.39 is 0 Å². The minimum absolute atomic E-state index is 0.0534. The average molecular weight is 367 g/mol. The third-order valence-corrected chi connectivity index (χ3v) is 5.66. The Morgan fingerprint density at radius 1 is 1.19 bits per heavy atom. The van der Waals surface area contributed by atoms with E-state index in [1.165, 1.54) is 16.7 Å². The normalized spacial score (nSPS) is 18.1. The van der Waals surface area contributed by atoms with E-state index in [-0.39, 0.29) is 29.7 Å².